The minimum absolute atomic E-state index is 0.569. The molecule has 2 nitrogen and oxygen atoms in total. The van der Waals surface area contributed by atoms with Crippen molar-refractivity contribution in [2.75, 3.05) is 13.7 Å². The van der Waals surface area contributed by atoms with Crippen molar-refractivity contribution in [3.63, 3.8) is 0 Å². The number of ether oxygens (including phenoxy) is 1. The van der Waals surface area contributed by atoms with E-state index in [1.165, 1.54) is 5.56 Å². The maximum absolute atomic E-state index is 5.32. The lowest BCUT2D eigenvalue weighted by Gasteiger charge is -2.13. The van der Waals surface area contributed by atoms with Crippen LogP contribution < -0.4 is 10.1 Å². The smallest absolute Gasteiger partial charge is 0.122 e. The van der Waals surface area contributed by atoms with E-state index in [2.05, 4.69) is 31.3 Å². The van der Waals surface area contributed by atoms with Crippen molar-refractivity contribution in [1.82, 2.24) is 5.32 Å². The molecule has 1 atom stereocenters. The van der Waals surface area contributed by atoms with Gasteiger partial charge in [0.15, 0.2) is 0 Å². The molecule has 0 heterocycles. The van der Waals surface area contributed by atoms with Crippen molar-refractivity contribution in [3.05, 3.63) is 29.8 Å². The van der Waals surface area contributed by atoms with Gasteiger partial charge in [-0.15, -0.1) is 0 Å². The third-order valence-corrected chi connectivity index (χ3v) is 2.59. The first-order chi connectivity index (χ1) is 7.27. The predicted octanol–water partition coefficient (Wildman–Crippen LogP) is 2.63. The summed E-state index contributed by atoms with van der Waals surface area (Å²) in [5.41, 5.74) is 1.30. The van der Waals surface area contributed by atoms with Crippen LogP contribution in [0.5, 0.6) is 5.75 Å². The van der Waals surface area contributed by atoms with Gasteiger partial charge in [-0.3, -0.25) is 0 Å². The second-order valence-corrected chi connectivity index (χ2v) is 3.81. The van der Waals surface area contributed by atoms with Crippen molar-refractivity contribution >= 4 is 0 Å². The standard InChI is InChI=1S/C13H21NO/c1-4-14-11(2)9-10-12-7-5-6-8-13(12)15-3/h5-8,11,14H,4,9-10H2,1-3H3. The van der Waals surface area contributed by atoms with Gasteiger partial charge in [0.1, 0.15) is 5.75 Å². The second kappa shape index (κ2) is 6.46. The highest BCUT2D eigenvalue weighted by atomic mass is 16.5. The lowest BCUT2D eigenvalue weighted by atomic mass is 10.1. The first-order valence-electron chi connectivity index (χ1n) is 5.63. The number of hydrogen-bond acceptors (Lipinski definition) is 2. The van der Waals surface area contributed by atoms with Crippen LogP contribution in [0.25, 0.3) is 0 Å². The molecule has 0 aromatic heterocycles. The quantitative estimate of drug-likeness (QED) is 0.774. The maximum Gasteiger partial charge on any atom is 0.122 e. The zero-order chi connectivity index (χ0) is 11.1. The molecule has 0 aliphatic carbocycles. The van der Waals surface area contributed by atoms with Gasteiger partial charge in [0, 0.05) is 6.04 Å². The Bertz CT molecular complexity index is 286. The van der Waals surface area contributed by atoms with Crippen LogP contribution in [0.3, 0.4) is 0 Å². The molecule has 2 heteroatoms. The largest absolute Gasteiger partial charge is 0.496 e. The van der Waals surface area contributed by atoms with Gasteiger partial charge in [-0.2, -0.15) is 0 Å². The molecule has 0 spiro atoms. The second-order valence-electron chi connectivity index (χ2n) is 3.81. The molecular weight excluding hydrogens is 186 g/mol. The van der Waals surface area contributed by atoms with Gasteiger partial charge in [-0.1, -0.05) is 25.1 Å². The highest BCUT2D eigenvalue weighted by Crippen LogP contribution is 2.19. The molecule has 15 heavy (non-hydrogen) atoms. The normalized spacial score (nSPS) is 12.5. The first kappa shape index (κ1) is 12.1. The van der Waals surface area contributed by atoms with E-state index in [0.29, 0.717) is 6.04 Å². The van der Waals surface area contributed by atoms with Gasteiger partial charge < -0.3 is 10.1 Å². The van der Waals surface area contributed by atoms with Crippen molar-refractivity contribution in [1.29, 1.82) is 0 Å². The van der Waals surface area contributed by atoms with Crippen LogP contribution in [-0.4, -0.2) is 19.7 Å². The Hall–Kier alpha value is -1.02. The molecule has 0 radical (unpaired) electrons. The minimum atomic E-state index is 0.569. The van der Waals surface area contributed by atoms with Crippen LogP contribution in [0.1, 0.15) is 25.8 Å². The molecule has 1 rings (SSSR count). The molecule has 0 aliphatic rings. The molecule has 0 amide bonds. The zero-order valence-electron chi connectivity index (χ0n) is 9.92. The van der Waals surface area contributed by atoms with E-state index in [0.717, 1.165) is 25.1 Å². The van der Waals surface area contributed by atoms with E-state index >= 15 is 0 Å². The Morgan fingerprint density at radius 3 is 2.73 bits per heavy atom. The van der Waals surface area contributed by atoms with Crippen LogP contribution >= 0.6 is 0 Å². The van der Waals surface area contributed by atoms with Crippen LogP contribution in [0.15, 0.2) is 24.3 Å². The number of para-hydroxylation sites is 1. The summed E-state index contributed by atoms with van der Waals surface area (Å²) in [6.07, 6.45) is 2.21. The van der Waals surface area contributed by atoms with E-state index < -0.39 is 0 Å². The van der Waals surface area contributed by atoms with Crippen LogP contribution in [0.2, 0.25) is 0 Å². The van der Waals surface area contributed by atoms with E-state index in [9.17, 15) is 0 Å². The Kier molecular flexibility index (Phi) is 5.19. The minimum Gasteiger partial charge on any atom is -0.496 e. The fourth-order valence-electron chi connectivity index (χ4n) is 1.73. The summed E-state index contributed by atoms with van der Waals surface area (Å²) >= 11 is 0. The average molecular weight is 207 g/mol. The molecule has 0 aliphatic heterocycles. The number of aryl methyl sites for hydroxylation is 1. The number of methoxy groups -OCH3 is 1. The summed E-state index contributed by atoms with van der Waals surface area (Å²) < 4.78 is 5.32. The SMILES string of the molecule is CCNC(C)CCc1ccccc1OC. The van der Waals surface area contributed by atoms with Crippen molar-refractivity contribution in [2.45, 2.75) is 32.7 Å². The van der Waals surface area contributed by atoms with Crippen LogP contribution in [-0.2, 0) is 6.42 Å². The van der Waals surface area contributed by atoms with Gasteiger partial charge in [0.2, 0.25) is 0 Å². The third kappa shape index (κ3) is 3.92. The molecule has 0 saturated carbocycles. The Morgan fingerprint density at radius 1 is 1.33 bits per heavy atom. The number of hydrogen-bond donors (Lipinski definition) is 1. The molecule has 0 bridgehead atoms. The molecular formula is C13H21NO. The van der Waals surface area contributed by atoms with Gasteiger partial charge in [0.25, 0.3) is 0 Å². The average Bonchev–Trinajstić information content (AvgIpc) is 2.27. The molecule has 0 saturated heterocycles. The van der Waals surface area contributed by atoms with Gasteiger partial charge in [-0.25, -0.2) is 0 Å². The van der Waals surface area contributed by atoms with Crippen molar-refractivity contribution < 1.29 is 4.74 Å². The molecule has 1 N–H and O–H groups in total. The summed E-state index contributed by atoms with van der Waals surface area (Å²) in [7, 11) is 1.73. The Balaban J connectivity index is 2.49. The van der Waals surface area contributed by atoms with E-state index in [1.807, 2.05) is 12.1 Å². The van der Waals surface area contributed by atoms with Gasteiger partial charge >= 0.3 is 0 Å². The topological polar surface area (TPSA) is 21.3 Å². The summed E-state index contributed by atoms with van der Waals surface area (Å²) in [5, 5.41) is 3.41. The van der Waals surface area contributed by atoms with E-state index in [1.54, 1.807) is 7.11 Å². The predicted molar refractivity (Wildman–Crippen MR) is 64.5 cm³/mol. The zero-order valence-corrected chi connectivity index (χ0v) is 9.92. The van der Waals surface area contributed by atoms with Crippen molar-refractivity contribution in [3.8, 4) is 5.75 Å². The molecule has 1 aromatic rings. The van der Waals surface area contributed by atoms with Crippen LogP contribution in [0.4, 0.5) is 0 Å². The van der Waals surface area contributed by atoms with Gasteiger partial charge in [-0.05, 0) is 37.9 Å². The summed E-state index contributed by atoms with van der Waals surface area (Å²) in [6, 6.07) is 8.80. The lowest BCUT2D eigenvalue weighted by Crippen LogP contribution is -2.25. The fourth-order valence-corrected chi connectivity index (χ4v) is 1.73. The summed E-state index contributed by atoms with van der Waals surface area (Å²) in [5.74, 6) is 1.00. The Labute approximate surface area is 92.6 Å². The lowest BCUT2D eigenvalue weighted by molar-refractivity contribution is 0.407. The van der Waals surface area contributed by atoms with Crippen molar-refractivity contribution in [2.24, 2.45) is 0 Å². The molecule has 1 aromatic carbocycles. The van der Waals surface area contributed by atoms with E-state index in [4.69, 9.17) is 4.74 Å². The van der Waals surface area contributed by atoms with E-state index in [-0.39, 0.29) is 0 Å². The highest BCUT2D eigenvalue weighted by Gasteiger charge is 2.04. The fraction of sp³-hybridized carbons (Fsp3) is 0.538. The van der Waals surface area contributed by atoms with Gasteiger partial charge in [0.05, 0.1) is 7.11 Å². The monoisotopic (exact) mass is 207 g/mol. The number of nitrogens with one attached hydrogen (secondary N) is 1. The molecule has 84 valence electrons. The van der Waals surface area contributed by atoms with Crippen LogP contribution in [0, 0.1) is 0 Å². The third-order valence-electron chi connectivity index (χ3n) is 2.59. The first-order valence-corrected chi connectivity index (χ1v) is 5.63. The number of rotatable bonds is 6. The Morgan fingerprint density at radius 2 is 2.07 bits per heavy atom. The number of benzene rings is 1. The molecule has 1 unspecified atom stereocenters. The summed E-state index contributed by atoms with van der Waals surface area (Å²) in [6.45, 7) is 5.39. The highest BCUT2D eigenvalue weighted by molar-refractivity contribution is 5.33. The summed E-state index contributed by atoms with van der Waals surface area (Å²) in [4.78, 5) is 0. The molecule has 0 fully saturated rings. The maximum atomic E-state index is 5.32.